The monoisotopic (exact) mass is 660 g/mol. The highest BCUT2D eigenvalue weighted by Gasteiger charge is 2.35. The highest BCUT2D eigenvalue weighted by molar-refractivity contribution is 5.95. The Morgan fingerprint density at radius 1 is 0.653 bits per heavy atom. The van der Waals surface area contributed by atoms with Crippen LogP contribution in [0.2, 0.25) is 0 Å². The number of likely N-dealkylation sites (tertiary alicyclic amines) is 1. The van der Waals surface area contributed by atoms with Crippen molar-refractivity contribution < 1.29 is 19.1 Å². The summed E-state index contributed by atoms with van der Waals surface area (Å²) >= 11 is 0. The number of ether oxygens (including phenoxy) is 1. The molecule has 256 valence electrons. The van der Waals surface area contributed by atoms with Gasteiger partial charge in [-0.15, -0.1) is 0 Å². The third-order valence-electron chi connectivity index (χ3n) is 8.91. The lowest BCUT2D eigenvalue weighted by Crippen LogP contribution is -2.52. The van der Waals surface area contributed by atoms with Crippen LogP contribution in [0.5, 0.6) is 0 Å². The zero-order valence-electron chi connectivity index (χ0n) is 28.7. The molecule has 8 heteroatoms. The van der Waals surface area contributed by atoms with E-state index in [1.54, 1.807) is 4.90 Å². The van der Waals surface area contributed by atoms with Gasteiger partial charge in [0.2, 0.25) is 0 Å². The quantitative estimate of drug-likeness (QED) is 0.212. The average molecular weight is 661 g/mol. The van der Waals surface area contributed by atoms with E-state index in [2.05, 4.69) is 40.2 Å². The lowest BCUT2D eigenvalue weighted by molar-refractivity contribution is 0.0177. The van der Waals surface area contributed by atoms with Crippen LogP contribution in [-0.2, 0) is 4.74 Å². The Kier molecular flexibility index (Phi) is 12.2. The Hall–Kier alpha value is -4.95. The molecule has 49 heavy (non-hydrogen) atoms. The molecule has 4 atom stereocenters. The van der Waals surface area contributed by atoms with E-state index in [1.807, 2.05) is 118 Å². The number of benzene rings is 4. The molecule has 8 nitrogen and oxygen atoms in total. The number of nitrogens with one attached hydrogen (secondary N) is 3. The van der Waals surface area contributed by atoms with Crippen molar-refractivity contribution in [2.45, 2.75) is 63.1 Å². The van der Waals surface area contributed by atoms with Gasteiger partial charge in [0.1, 0.15) is 5.60 Å². The maximum atomic E-state index is 12.7. The third-order valence-corrected chi connectivity index (χ3v) is 8.91. The fraction of sp³-hybridized carbons (Fsp3) is 0.341. The first-order valence-electron chi connectivity index (χ1n) is 17.2. The molecule has 3 N–H and O–H groups in total. The lowest BCUT2D eigenvalue weighted by Gasteiger charge is -2.39. The SMILES string of the molecule is CC(C)(C)OC(=O)N1CCC(NC(=O)c2ccccc2)C(c2ccccc2)C1.O=C(NC1CCNCC1c1ccccc1)c1ccccc1. The van der Waals surface area contributed by atoms with Crippen molar-refractivity contribution in [2.75, 3.05) is 26.2 Å². The summed E-state index contributed by atoms with van der Waals surface area (Å²) in [6.45, 7) is 8.52. The van der Waals surface area contributed by atoms with Crippen molar-refractivity contribution in [3.63, 3.8) is 0 Å². The summed E-state index contributed by atoms with van der Waals surface area (Å²) in [5.41, 5.74) is 3.22. The maximum Gasteiger partial charge on any atom is 0.410 e. The number of carbonyl (C=O) groups is 3. The van der Waals surface area contributed by atoms with Gasteiger partial charge in [-0.25, -0.2) is 4.79 Å². The summed E-state index contributed by atoms with van der Waals surface area (Å²) in [7, 11) is 0. The summed E-state index contributed by atoms with van der Waals surface area (Å²) in [6, 6.07) is 39.2. The largest absolute Gasteiger partial charge is 0.444 e. The number of rotatable bonds is 6. The minimum atomic E-state index is -0.530. The van der Waals surface area contributed by atoms with Crippen LogP contribution >= 0.6 is 0 Å². The molecule has 3 amide bonds. The Morgan fingerprint density at radius 2 is 1.10 bits per heavy atom. The molecule has 4 unspecified atom stereocenters. The van der Waals surface area contributed by atoms with E-state index in [4.69, 9.17) is 4.74 Å². The smallest absolute Gasteiger partial charge is 0.410 e. The maximum absolute atomic E-state index is 12.7. The lowest BCUT2D eigenvalue weighted by atomic mass is 9.86. The van der Waals surface area contributed by atoms with E-state index in [1.165, 1.54) is 5.56 Å². The van der Waals surface area contributed by atoms with E-state index in [0.29, 0.717) is 31.0 Å². The third kappa shape index (κ3) is 10.3. The molecule has 2 heterocycles. The summed E-state index contributed by atoms with van der Waals surface area (Å²) in [5.74, 6) is 0.267. The van der Waals surface area contributed by atoms with Crippen molar-refractivity contribution in [3.05, 3.63) is 144 Å². The van der Waals surface area contributed by atoms with Crippen LogP contribution in [0.15, 0.2) is 121 Å². The molecule has 4 aromatic rings. The molecule has 2 aliphatic rings. The van der Waals surface area contributed by atoms with Crippen molar-refractivity contribution in [3.8, 4) is 0 Å². The predicted molar refractivity (Wildman–Crippen MR) is 194 cm³/mol. The van der Waals surface area contributed by atoms with Gasteiger partial charge in [-0.05, 0) is 75.5 Å². The highest BCUT2D eigenvalue weighted by atomic mass is 16.6. The molecule has 0 bridgehead atoms. The molecule has 2 saturated heterocycles. The standard InChI is InChI=1S/C23H28N2O3.C18H20N2O/c1-23(2,3)28-22(27)25-15-14-20(19(16-25)17-10-6-4-7-11-17)24-21(26)18-12-8-5-9-13-18;21-18(15-9-5-2-6-10-15)20-17-11-12-19-13-16(17)14-7-3-1-4-8-14/h4-13,19-20H,14-16H2,1-3H3,(H,24,26);1-10,16-17,19H,11-13H2,(H,20,21). The van der Waals surface area contributed by atoms with Gasteiger partial charge in [0.05, 0.1) is 0 Å². The second-order valence-electron chi connectivity index (χ2n) is 13.6. The van der Waals surface area contributed by atoms with E-state index < -0.39 is 5.60 Å². The number of hydrogen-bond donors (Lipinski definition) is 3. The fourth-order valence-corrected chi connectivity index (χ4v) is 6.42. The molecule has 0 spiro atoms. The Labute approximate surface area is 290 Å². The molecule has 2 fully saturated rings. The van der Waals surface area contributed by atoms with Crippen LogP contribution in [0.3, 0.4) is 0 Å². The molecule has 6 rings (SSSR count). The van der Waals surface area contributed by atoms with Gasteiger partial charge in [0.25, 0.3) is 11.8 Å². The van der Waals surface area contributed by atoms with Crippen molar-refractivity contribution in [1.82, 2.24) is 20.9 Å². The molecule has 0 saturated carbocycles. The van der Waals surface area contributed by atoms with Gasteiger partial charge in [-0.2, -0.15) is 0 Å². The topological polar surface area (TPSA) is 99.8 Å². The van der Waals surface area contributed by atoms with Crippen LogP contribution in [0.1, 0.15) is 77.3 Å². The summed E-state index contributed by atoms with van der Waals surface area (Å²) < 4.78 is 5.55. The summed E-state index contributed by atoms with van der Waals surface area (Å²) in [4.78, 5) is 39.3. The molecule has 0 aliphatic carbocycles. The highest BCUT2D eigenvalue weighted by Crippen LogP contribution is 2.29. The van der Waals surface area contributed by atoms with Gasteiger partial charge in [0.15, 0.2) is 0 Å². The first kappa shape index (κ1) is 35.4. The Bertz CT molecular complexity index is 1630. The van der Waals surface area contributed by atoms with E-state index in [-0.39, 0.29) is 35.9 Å². The number of hydrogen-bond acceptors (Lipinski definition) is 5. The minimum absolute atomic E-state index is 0.00938. The molecule has 2 aliphatic heterocycles. The van der Waals surface area contributed by atoms with Gasteiger partial charge < -0.3 is 25.6 Å². The minimum Gasteiger partial charge on any atom is -0.444 e. The van der Waals surface area contributed by atoms with Crippen molar-refractivity contribution >= 4 is 17.9 Å². The van der Waals surface area contributed by atoms with E-state index in [9.17, 15) is 14.4 Å². The first-order chi connectivity index (χ1) is 23.7. The predicted octanol–water partition coefficient (Wildman–Crippen LogP) is 6.77. The zero-order valence-corrected chi connectivity index (χ0v) is 28.7. The first-order valence-corrected chi connectivity index (χ1v) is 17.2. The number of nitrogens with zero attached hydrogens (tertiary/aromatic N) is 1. The molecule has 0 radical (unpaired) electrons. The Balaban J connectivity index is 0.000000199. The fourth-order valence-electron chi connectivity index (χ4n) is 6.42. The molecular weight excluding hydrogens is 612 g/mol. The van der Waals surface area contributed by atoms with Crippen LogP contribution in [0, 0.1) is 0 Å². The van der Waals surface area contributed by atoms with Gasteiger partial charge >= 0.3 is 6.09 Å². The van der Waals surface area contributed by atoms with Gasteiger partial charge in [-0.1, -0.05) is 97.1 Å². The summed E-state index contributed by atoms with van der Waals surface area (Å²) in [5, 5.41) is 9.80. The second-order valence-corrected chi connectivity index (χ2v) is 13.6. The zero-order chi connectivity index (χ0) is 34.6. The number of piperidine rings is 2. The molecule has 4 aromatic carbocycles. The van der Waals surface area contributed by atoms with Gasteiger partial charge in [0, 0.05) is 54.7 Å². The summed E-state index contributed by atoms with van der Waals surface area (Å²) in [6.07, 6.45) is 1.33. The number of amides is 3. The van der Waals surface area contributed by atoms with E-state index >= 15 is 0 Å². The Morgan fingerprint density at radius 3 is 1.59 bits per heavy atom. The average Bonchev–Trinajstić information content (AvgIpc) is 3.13. The van der Waals surface area contributed by atoms with Crippen molar-refractivity contribution in [1.29, 1.82) is 0 Å². The molecular formula is C41H48N4O4. The second kappa shape index (κ2) is 16.9. The molecule has 0 aromatic heterocycles. The van der Waals surface area contributed by atoms with Crippen LogP contribution in [0.25, 0.3) is 0 Å². The van der Waals surface area contributed by atoms with Crippen LogP contribution in [0.4, 0.5) is 4.79 Å². The van der Waals surface area contributed by atoms with E-state index in [0.717, 1.165) is 30.6 Å². The normalized spacial score (nSPS) is 20.6. The van der Waals surface area contributed by atoms with Crippen LogP contribution in [-0.4, -0.2) is 66.7 Å². The number of carbonyl (C=O) groups excluding carboxylic acids is 3. The van der Waals surface area contributed by atoms with Crippen molar-refractivity contribution in [2.24, 2.45) is 0 Å². The van der Waals surface area contributed by atoms with Crippen LogP contribution < -0.4 is 16.0 Å². The van der Waals surface area contributed by atoms with Gasteiger partial charge in [-0.3, -0.25) is 9.59 Å².